The Labute approximate surface area is 155 Å². The molecule has 4 fully saturated rings. The van der Waals surface area contributed by atoms with Gasteiger partial charge >= 0.3 is 0 Å². The van der Waals surface area contributed by atoms with Gasteiger partial charge in [-0.3, -0.25) is 4.99 Å². The molecule has 4 aliphatic rings. The average molecular weight is 437 g/mol. The highest BCUT2D eigenvalue weighted by Crippen LogP contribution is 2.62. The van der Waals surface area contributed by atoms with E-state index in [9.17, 15) is 0 Å². The Morgan fingerprint density at radius 3 is 2.82 bits per heavy atom. The molecule has 22 heavy (non-hydrogen) atoms. The van der Waals surface area contributed by atoms with Gasteiger partial charge in [-0.25, -0.2) is 0 Å². The summed E-state index contributed by atoms with van der Waals surface area (Å²) in [5.74, 6) is 3.04. The van der Waals surface area contributed by atoms with Gasteiger partial charge in [-0.15, -0.1) is 24.0 Å². The van der Waals surface area contributed by atoms with Crippen LogP contribution in [0.15, 0.2) is 4.99 Å². The van der Waals surface area contributed by atoms with Crippen molar-refractivity contribution >= 4 is 41.7 Å². The molecule has 0 aromatic heterocycles. The molecule has 126 valence electrons. The number of nitrogens with zero attached hydrogens (tertiary/aromatic N) is 1. The number of guanidine groups is 1. The van der Waals surface area contributed by atoms with Crippen molar-refractivity contribution in [1.82, 2.24) is 10.6 Å². The van der Waals surface area contributed by atoms with Crippen LogP contribution in [0.1, 0.15) is 38.5 Å². The van der Waals surface area contributed by atoms with Crippen LogP contribution in [0.4, 0.5) is 0 Å². The zero-order valence-electron chi connectivity index (χ0n) is 13.3. The molecule has 2 saturated heterocycles. The predicted molar refractivity (Wildman–Crippen MR) is 103 cm³/mol. The van der Waals surface area contributed by atoms with Gasteiger partial charge in [0.2, 0.25) is 0 Å². The summed E-state index contributed by atoms with van der Waals surface area (Å²) in [4.78, 5) is 4.45. The first-order valence-electron chi connectivity index (χ1n) is 8.54. The van der Waals surface area contributed by atoms with Gasteiger partial charge < -0.3 is 15.4 Å². The number of ether oxygens (including phenoxy) is 1. The topological polar surface area (TPSA) is 45.7 Å². The van der Waals surface area contributed by atoms with Gasteiger partial charge in [0, 0.05) is 42.8 Å². The third-order valence-corrected chi connectivity index (χ3v) is 7.47. The molecule has 0 bridgehead atoms. The fourth-order valence-corrected chi connectivity index (χ4v) is 6.01. The molecule has 1 spiro atoms. The maximum atomic E-state index is 5.99. The monoisotopic (exact) mass is 437 g/mol. The smallest absolute Gasteiger partial charge is 0.191 e. The SMILES string of the molecule is CN=C(NCC1CCCS1)NC1C2CCOC2C12CCC2.I. The third kappa shape index (κ3) is 2.77. The number of nitrogens with one attached hydrogen (secondary N) is 2. The average Bonchev–Trinajstić information content (AvgIpc) is 3.08. The summed E-state index contributed by atoms with van der Waals surface area (Å²) >= 11 is 2.10. The maximum Gasteiger partial charge on any atom is 0.191 e. The number of thioether (sulfide) groups is 1. The standard InChI is InChI=1S/C16H27N3OS.HI/c1-17-15(18-10-11-4-2-9-21-11)19-13-12-5-8-20-14(12)16(13)6-3-7-16;/h11-14H,2-10H2,1H3,(H2,17,18,19);1H. The van der Waals surface area contributed by atoms with Crippen molar-refractivity contribution in [3.8, 4) is 0 Å². The highest BCUT2D eigenvalue weighted by molar-refractivity contribution is 14.0. The fourth-order valence-electron chi connectivity index (χ4n) is 4.81. The minimum atomic E-state index is 0. The number of rotatable bonds is 3. The van der Waals surface area contributed by atoms with Crippen LogP contribution in [0.3, 0.4) is 0 Å². The molecule has 2 aliphatic carbocycles. The van der Waals surface area contributed by atoms with Gasteiger partial charge in [-0.05, 0) is 37.9 Å². The van der Waals surface area contributed by atoms with Crippen molar-refractivity contribution in [2.24, 2.45) is 16.3 Å². The van der Waals surface area contributed by atoms with Crippen LogP contribution in [0.25, 0.3) is 0 Å². The molecule has 2 saturated carbocycles. The molecule has 0 aromatic carbocycles. The second kappa shape index (κ2) is 7.05. The lowest BCUT2D eigenvalue weighted by Gasteiger charge is -2.63. The molecule has 4 rings (SSSR count). The normalized spacial score (nSPS) is 38.7. The Balaban J connectivity index is 0.00000144. The minimum Gasteiger partial charge on any atom is -0.377 e. The molecule has 6 heteroatoms. The Bertz CT molecular complexity index is 424. The van der Waals surface area contributed by atoms with Crippen LogP contribution < -0.4 is 10.6 Å². The van der Waals surface area contributed by atoms with E-state index in [2.05, 4.69) is 27.4 Å². The van der Waals surface area contributed by atoms with Gasteiger partial charge in [0.15, 0.2) is 5.96 Å². The summed E-state index contributed by atoms with van der Waals surface area (Å²) in [5.41, 5.74) is 0.431. The summed E-state index contributed by atoms with van der Waals surface area (Å²) < 4.78 is 5.99. The van der Waals surface area contributed by atoms with Crippen molar-refractivity contribution in [3.05, 3.63) is 0 Å². The molecule has 4 unspecified atom stereocenters. The van der Waals surface area contributed by atoms with Gasteiger partial charge in [0.1, 0.15) is 0 Å². The second-order valence-corrected chi connectivity index (χ2v) is 8.45. The van der Waals surface area contributed by atoms with Crippen molar-refractivity contribution < 1.29 is 4.74 Å². The number of fused-ring (bicyclic) bond motifs is 2. The highest BCUT2D eigenvalue weighted by Gasteiger charge is 2.66. The second-order valence-electron chi connectivity index (χ2n) is 7.04. The van der Waals surface area contributed by atoms with E-state index in [4.69, 9.17) is 4.74 Å². The van der Waals surface area contributed by atoms with Crippen LogP contribution in [-0.2, 0) is 4.74 Å². The lowest BCUT2D eigenvalue weighted by Crippen LogP contribution is -2.72. The molecule has 0 aromatic rings. The van der Waals surface area contributed by atoms with Crippen molar-refractivity contribution in [3.63, 3.8) is 0 Å². The van der Waals surface area contributed by atoms with Crippen molar-refractivity contribution in [2.75, 3.05) is 26.0 Å². The van der Waals surface area contributed by atoms with Crippen molar-refractivity contribution in [2.45, 2.75) is 55.9 Å². The van der Waals surface area contributed by atoms with Crippen LogP contribution >= 0.6 is 35.7 Å². The molecule has 0 amide bonds. The first-order valence-corrected chi connectivity index (χ1v) is 9.59. The van der Waals surface area contributed by atoms with E-state index in [1.54, 1.807) is 0 Å². The number of halogens is 1. The molecule has 4 nitrogen and oxygen atoms in total. The van der Waals surface area contributed by atoms with Gasteiger partial charge in [-0.2, -0.15) is 11.8 Å². The van der Waals surface area contributed by atoms with Crippen molar-refractivity contribution in [1.29, 1.82) is 0 Å². The minimum absolute atomic E-state index is 0. The quantitative estimate of drug-likeness (QED) is 0.405. The summed E-state index contributed by atoms with van der Waals surface area (Å²) in [7, 11) is 1.89. The zero-order valence-corrected chi connectivity index (χ0v) is 16.5. The number of hydrogen-bond donors (Lipinski definition) is 2. The number of hydrogen-bond acceptors (Lipinski definition) is 3. The Morgan fingerprint density at radius 1 is 1.32 bits per heavy atom. The summed E-state index contributed by atoms with van der Waals surface area (Å²) in [6.07, 6.45) is 8.51. The lowest BCUT2D eigenvalue weighted by molar-refractivity contribution is -0.171. The van der Waals surface area contributed by atoms with E-state index < -0.39 is 0 Å². The van der Waals surface area contributed by atoms with Crippen LogP contribution in [0, 0.1) is 11.3 Å². The molecule has 4 atom stereocenters. The molecular weight excluding hydrogens is 409 g/mol. The predicted octanol–water partition coefficient (Wildman–Crippen LogP) is 2.62. The summed E-state index contributed by atoms with van der Waals surface area (Å²) in [5, 5.41) is 8.06. The van der Waals surface area contributed by atoms with E-state index in [0.29, 0.717) is 23.5 Å². The van der Waals surface area contributed by atoms with Gasteiger partial charge in [0.25, 0.3) is 0 Å². The van der Waals surface area contributed by atoms with E-state index in [0.717, 1.165) is 24.4 Å². The summed E-state index contributed by atoms with van der Waals surface area (Å²) in [6.45, 7) is 2.01. The Morgan fingerprint density at radius 2 is 2.18 bits per heavy atom. The Hall–Kier alpha value is 0.310. The largest absolute Gasteiger partial charge is 0.377 e. The molecular formula is C16H28IN3OS. The lowest BCUT2D eigenvalue weighted by atomic mass is 9.46. The summed E-state index contributed by atoms with van der Waals surface area (Å²) in [6, 6.07) is 0.584. The zero-order chi connectivity index (χ0) is 14.3. The molecule has 2 N–H and O–H groups in total. The maximum absolute atomic E-state index is 5.99. The first kappa shape index (κ1) is 17.1. The highest BCUT2D eigenvalue weighted by atomic mass is 127. The van der Waals surface area contributed by atoms with E-state index in [1.807, 2.05) is 7.05 Å². The fraction of sp³-hybridized carbons (Fsp3) is 0.938. The first-order chi connectivity index (χ1) is 10.3. The van der Waals surface area contributed by atoms with E-state index in [1.165, 1.54) is 44.3 Å². The van der Waals surface area contributed by atoms with Crippen LogP contribution in [0.5, 0.6) is 0 Å². The molecule has 2 heterocycles. The Kier molecular flexibility index (Phi) is 5.49. The van der Waals surface area contributed by atoms with Crippen LogP contribution in [0.2, 0.25) is 0 Å². The van der Waals surface area contributed by atoms with Crippen LogP contribution in [-0.4, -0.2) is 49.3 Å². The van der Waals surface area contributed by atoms with E-state index in [-0.39, 0.29) is 24.0 Å². The number of aliphatic imine (C=N–C) groups is 1. The third-order valence-electron chi connectivity index (χ3n) is 6.07. The van der Waals surface area contributed by atoms with Gasteiger partial charge in [-0.1, -0.05) is 6.42 Å². The van der Waals surface area contributed by atoms with Gasteiger partial charge in [0.05, 0.1) is 6.10 Å². The van der Waals surface area contributed by atoms with E-state index >= 15 is 0 Å². The molecule has 2 aliphatic heterocycles. The molecule has 0 radical (unpaired) electrons.